The number of hydrogen-bond donors (Lipinski definition) is 2. The van der Waals surface area contributed by atoms with Gasteiger partial charge in [-0.3, -0.25) is 9.59 Å². The summed E-state index contributed by atoms with van der Waals surface area (Å²) >= 11 is 6.51. The van der Waals surface area contributed by atoms with Crippen LogP contribution in [0.3, 0.4) is 0 Å². The predicted molar refractivity (Wildman–Crippen MR) is 121 cm³/mol. The zero-order valence-electron chi connectivity index (χ0n) is 17.4. The molecule has 0 fully saturated rings. The van der Waals surface area contributed by atoms with Crippen LogP contribution >= 0.6 is 11.6 Å². The lowest BCUT2D eigenvalue weighted by molar-refractivity contribution is -0.128. The molecule has 0 radical (unpaired) electrons. The minimum Gasteiger partial charge on any atom is -0.343 e. The summed E-state index contributed by atoms with van der Waals surface area (Å²) in [5.41, 5.74) is 3.24. The van der Waals surface area contributed by atoms with Crippen LogP contribution in [0.2, 0.25) is 5.02 Å². The first-order valence-corrected chi connectivity index (χ1v) is 10.6. The number of nitrogens with one attached hydrogen (secondary N) is 2. The number of nitrogens with zero attached hydrogens (tertiary/aromatic N) is 3. The quantitative estimate of drug-likeness (QED) is 0.641. The third kappa shape index (κ3) is 4.24. The molecule has 2 atom stereocenters. The number of pyridine rings is 2. The molecule has 3 aromatic rings. The first-order chi connectivity index (χ1) is 15.0. The molecular formula is C23H24ClN5O2. The highest BCUT2D eigenvalue weighted by atomic mass is 35.5. The van der Waals surface area contributed by atoms with Gasteiger partial charge in [-0.05, 0) is 50.6 Å². The number of amides is 2. The van der Waals surface area contributed by atoms with Gasteiger partial charge in [-0.1, -0.05) is 29.8 Å². The van der Waals surface area contributed by atoms with Gasteiger partial charge in [-0.2, -0.15) is 0 Å². The molecule has 0 saturated carbocycles. The van der Waals surface area contributed by atoms with Crippen molar-refractivity contribution in [1.29, 1.82) is 0 Å². The molecule has 0 bridgehead atoms. The second-order valence-corrected chi connectivity index (χ2v) is 8.03. The van der Waals surface area contributed by atoms with Crippen molar-refractivity contribution in [3.8, 4) is 0 Å². The van der Waals surface area contributed by atoms with E-state index in [2.05, 4.69) is 20.6 Å². The molecule has 0 saturated heterocycles. The molecule has 7 nitrogen and oxygen atoms in total. The van der Waals surface area contributed by atoms with E-state index >= 15 is 0 Å². The van der Waals surface area contributed by atoms with Gasteiger partial charge in [0.25, 0.3) is 0 Å². The lowest BCUT2D eigenvalue weighted by atomic mass is 10.1. The Bertz CT molecular complexity index is 1140. The standard InChI is InChI=1S/C23H24ClN5O2/c1-14(25-2)22(30)28-19-10-9-15-6-3-4-8-20(15)29(23(19)31)13-17-16-7-5-11-26-21(16)27-12-18(17)24/h3-8,11-12,14,19,25H,9-10,13H2,1-2H3,(H,28,30)/t14-,19?/m0/s1. The average Bonchev–Trinajstić information content (AvgIpc) is 2.92. The molecule has 0 spiro atoms. The van der Waals surface area contributed by atoms with E-state index in [0.29, 0.717) is 23.5 Å². The zero-order valence-corrected chi connectivity index (χ0v) is 18.2. The van der Waals surface area contributed by atoms with Crippen LogP contribution in [0.1, 0.15) is 24.5 Å². The van der Waals surface area contributed by atoms with Gasteiger partial charge in [0.2, 0.25) is 11.8 Å². The number of hydrogen-bond acceptors (Lipinski definition) is 5. The Kier molecular flexibility index (Phi) is 6.15. The first kappa shape index (κ1) is 21.2. The minimum absolute atomic E-state index is 0.161. The van der Waals surface area contributed by atoms with E-state index in [9.17, 15) is 9.59 Å². The van der Waals surface area contributed by atoms with Gasteiger partial charge in [0.1, 0.15) is 6.04 Å². The van der Waals surface area contributed by atoms with Gasteiger partial charge in [-0.15, -0.1) is 0 Å². The number of fused-ring (bicyclic) bond motifs is 2. The second kappa shape index (κ2) is 8.99. The molecule has 1 unspecified atom stereocenters. The fourth-order valence-electron chi connectivity index (χ4n) is 3.82. The molecular weight excluding hydrogens is 414 g/mol. The maximum atomic E-state index is 13.6. The number of benzene rings is 1. The van der Waals surface area contributed by atoms with E-state index in [1.165, 1.54) is 0 Å². The van der Waals surface area contributed by atoms with Crippen LogP contribution in [0.25, 0.3) is 11.0 Å². The van der Waals surface area contributed by atoms with Crippen LogP contribution in [-0.4, -0.2) is 40.9 Å². The monoisotopic (exact) mass is 437 g/mol. The number of para-hydroxylation sites is 1. The normalized spacial score (nSPS) is 17.2. The number of aromatic nitrogens is 2. The van der Waals surface area contributed by atoms with Crippen LogP contribution < -0.4 is 15.5 Å². The van der Waals surface area contributed by atoms with E-state index in [0.717, 1.165) is 22.2 Å². The van der Waals surface area contributed by atoms with Crippen LogP contribution in [0.4, 0.5) is 5.69 Å². The van der Waals surface area contributed by atoms with E-state index in [4.69, 9.17) is 11.6 Å². The smallest absolute Gasteiger partial charge is 0.249 e. The number of carbonyl (C=O) groups is 2. The fraction of sp³-hybridized carbons (Fsp3) is 0.304. The Hall–Kier alpha value is -3.03. The fourth-order valence-corrected chi connectivity index (χ4v) is 4.03. The zero-order chi connectivity index (χ0) is 22.0. The van der Waals surface area contributed by atoms with E-state index in [-0.39, 0.29) is 18.4 Å². The van der Waals surface area contributed by atoms with Gasteiger partial charge in [0.05, 0.1) is 17.6 Å². The molecule has 1 aliphatic rings. The summed E-state index contributed by atoms with van der Waals surface area (Å²) in [5, 5.41) is 7.10. The van der Waals surface area contributed by atoms with Crippen LogP contribution in [0.15, 0.2) is 48.8 Å². The Morgan fingerprint density at radius 2 is 2.06 bits per heavy atom. The number of aryl methyl sites for hydroxylation is 1. The van der Waals surface area contributed by atoms with Crippen LogP contribution in [0, 0.1) is 0 Å². The summed E-state index contributed by atoms with van der Waals surface area (Å²) < 4.78 is 0. The first-order valence-electron chi connectivity index (χ1n) is 10.2. The van der Waals surface area contributed by atoms with Crippen molar-refractivity contribution in [3.05, 3.63) is 64.9 Å². The summed E-state index contributed by atoms with van der Waals surface area (Å²) in [6.07, 6.45) is 4.45. The molecule has 4 rings (SSSR count). The van der Waals surface area contributed by atoms with Gasteiger partial charge in [0, 0.05) is 29.0 Å². The van der Waals surface area contributed by atoms with Gasteiger partial charge >= 0.3 is 0 Å². The van der Waals surface area contributed by atoms with Crippen LogP contribution in [-0.2, 0) is 22.6 Å². The largest absolute Gasteiger partial charge is 0.343 e. The van der Waals surface area contributed by atoms with Crippen molar-refractivity contribution in [2.24, 2.45) is 0 Å². The van der Waals surface area contributed by atoms with Gasteiger partial charge in [-0.25, -0.2) is 9.97 Å². The molecule has 31 heavy (non-hydrogen) atoms. The second-order valence-electron chi connectivity index (χ2n) is 7.62. The molecule has 1 aliphatic heterocycles. The average molecular weight is 438 g/mol. The van der Waals surface area contributed by atoms with Crippen molar-refractivity contribution in [3.63, 3.8) is 0 Å². The Balaban J connectivity index is 1.74. The molecule has 1 aromatic carbocycles. The lowest BCUT2D eigenvalue weighted by Gasteiger charge is -2.27. The van der Waals surface area contributed by atoms with Gasteiger partial charge in [0.15, 0.2) is 5.65 Å². The Labute approximate surface area is 185 Å². The highest BCUT2D eigenvalue weighted by molar-refractivity contribution is 6.32. The summed E-state index contributed by atoms with van der Waals surface area (Å²) in [6.45, 7) is 2.02. The molecule has 2 amide bonds. The predicted octanol–water partition coefficient (Wildman–Crippen LogP) is 2.86. The summed E-state index contributed by atoms with van der Waals surface area (Å²) in [7, 11) is 1.71. The molecule has 2 N–H and O–H groups in total. The van der Waals surface area contributed by atoms with Crippen molar-refractivity contribution in [2.45, 2.75) is 38.4 Å². The highest BCUT2D eigenvalue weighted by Gasteiger charge is 2.32. The van der Waals surface area contributed by atoms with Crippen molar-refractivity contribution < 1.29 is 9.59 Å². The third-order valence-electron chi connectivity index (χ3n) is 5.71. The van der Waals surface area contributed by atoms with Crippen LogP contribution in [0.5, 0.6) is 0 Å². The molecule has 160 valence electrons. The van der Waals surface area contributed by atoms with E-state index < -0.39 is 12.1 Å². The summed E-state index contributed by atoms with van der Waals surface area (Å²) in [6, 6.07) is 10.5. The number of likely N-dealkylation sites (N-methyl/N-ethyl adjacent to an activating group) is 1. The molecule has 8 heteroatoms. The SMILES string of the molecule is CN[C@@H](C)C(=O)NC1CCc2ccccc2N(Cc2c(Cl)cnc3ncccc23)C1=O. The maximum absolute atomic E-state index is 13.6. The number of anilines is 1. The molecule has 0 aliphatic carbocycles. The Morgan fingerprint density at radius 3 is 2.87 bits per heavy atom. The van der Waals surface area contributed by atoms with E-state index in [1.807, 2.05) is 36.4 Å². The lowest BCUT2D eigenvalue weighted by Crippen LogP contribution is -2.52. The van der Waals surface area contributed by atoms with Crippen molar-refractivity contribution in [2.75, 3.05) is 11.9 Å². The van der Waals surface area contributed by atoms with E-state index in [1.54, 1.807) is 31.3 Å². The summed E-state index contributed by atoms with van der Waals surface area (Å²) in [4.78, 5) is 36.4. The van der Waals surface area contributed by atoms with Crippen molar-refractivity contribution in [1.82, 2.24) is 20.6 Å². The topological polar surface area (TPSA) is 87.2 Å². The molecule has 2 aromatic heterocycles. The van der Waals surface area contributed by atoms with Crippen molar-refractivity contribution >= 4 is 40.1 Å². The maximum Gasteiger partial charge on any atom is 0.249 e. The Morgan fingerprint density at radius 1 is 1.26 bits per heavy atom. The minimum atomic E-state index is -0.624. The summed E-state index contributed by atoms with van der Waals surface area (Å²) in [5.74, 6) is -0.366. The van der Waals surface area contributed by atoms with Gasteiger partial charge < -0.3 is 15.5 Å². The number of halogens is 1. The number of carbonyl (C=O) groups excluding carboxylic acids is 2. The third-order valence-corrected chi connectivity index (χ3v) is 6.03. The highest BCUT2D eigenvalue weighted by Crippen LogP contribution is 2.32. The molecule has 3 heterocycles. The number of rotatable bonds is 5.